The van der Waals surface area contributed by atoms with Gasteiger partial charge in [0.15, 0.2) is 0 Å². The van der Waals surface area contributed by atoms with E-state index in [4.69, 9.17) is 4.74 Å². The summed E-state index contributed by atoms with van der Waals surface area (Å²) in [5, 5.41) is 3.70. The van der Waals surface area contributed by atoms with Crippen LogP contribution in [-0.4, -0.2) is 13.2 Å². The summed E-state index contributed by atoms with van der Waals surface area (Å²) in [5.41, 5.74) is 1.10. The van der Waals surface area contributed by atoms with Gasteiger partial charge in [-0.05, 0) is 31.0 Å². The second kappa shape index (κ2) is 10.9. The van der Waals surface area contributed by atoms with E-state index in [2.05, 4.69) is 41.2 Å². The normalized spacial score (nSPS) is 10.9. The van der Waals surface area contributed by atoms with Gasteiger partial charge in [-0.15, -0.1) is 0 Å². The largest absolute Gasteiger partial charge is 0.495 e. The highest BCUT2D eigenvalue weighted by Gasteiger charge is 2.11. The van der Waals surface area contributed by atoms with Crippen LogP contribution >= 0.6 is 15.9 Å². The van der Waals surface area contributed by atoms with Gasteiger partial charge in [-0.1, -0.05) is 68.3 Å². The molecular formula is C18H30BrNO. The summed E-state index contributed by atoms with van der Waals surface area (Å²) in [6.45, 7) is 4.52. The van der Waals surface area contributed by atoms with Gasteiger partial charge < -0.3 is 10.1 Å². The maximum absolute atomic E-state index is 5.47. The lowest BCUT2D eigenvalue weighted by atomic mass is 10.0. The molecule has 3 heteroatoms. The molecule has 0 unspecified atom stereocenters. The van der Waals surface area contributed by atoms with E-state index in [1.54, 1.807) is 7.11 Å². The Morgan fingerprint density at radius 2 is 1.67 bits per heavy atom. The smallest absolute Gasteiger partial charge is 0.142 e. The molecule has 0 aromatic heterocycles. The Hall–Kier alpha value is -0.700. The first-order valence-corrected chi connectivity index (χ1v) is 9.10. The Balaban J connectivity index is 2.66. The van der Waals surface area contributed by atoms with Crippen LogP contribution in [0.2, 0.25) is 0 Å². The van der Waals surface area contributed by atoms with Gasteiger partial charge in [-0.3, -0.25) is 0 Å². The number of rotatable bonds is 11. The fraction of sp³-hybridized carbons (Fsp3) is 0.667. The molecule has 0 radical (unpaired) electrons. The molecule has 2 nitrogen and oxygen atoms in total. The number of nitrogens with one attached hydrogen (secondary N) is 1. The summed E-state index contributed by atoms with van der Waals surface area (Å²) in [6.07, 6.45) is 10.3. The molecular weight excluding hydrogens is 326 g/mol. The van der Waals surface area contributed by atoms with Crippen molar-refractivity contribution in [3.8, 4) is 5.75 Å². The number of benzene rings is 1. The van der Waals surface area contributed by atoms with Gasteiger partial charge in [0.1, 0.15) is 5.75 Å². The lowest BCUT2D eigenvalue weighted by molar-refractivity contribution is 0.415. The second-order valence-electron chi connectivity index (χ2n) is 5.68. The molecule has 0 aliphatic carbocycles. The third-order valence-electron chi connectivity index (χ3n) is 3.83. The molecule has 0 aliphatic heterocycles. The first kappa shape index (κ1) is 18.3. The molecule has 0 aliphatic rings. The Kier molecular flexibility index (Phi) is 9.56. The second-order valence-corrected chi connectivity index (χ2v) is 6.59. The molecule has 0 saturated carbocycles. The maximum Gasteiger partial charge on any atom is 0.142 e. The van der Waals surface area contributed by atoms with Crippen LogP contribution in [0.5, 0.6) is 5.75 Å². The van der Waals surface area contributed by atoms with Gasteiger partial charge >= 0.3 is 0 Å². The maximum atomic E-state index is 5.47. The number of hydrogen-bond donors (Lipinski definition) is 1. The molecule has 1 aromatic carbocycles. The Morgan fingerprint density at radius 3 is 2.19 bits per heavy atom. The van der Waals surface area contributed by atoms with Gasteiger partial charge in [0.05, 0.1) is 12.8 Å². The standard InChI is InChI=1S/C18H30BrNO/c1-4-6-8-10-16(11-9-7-5-2)20-17-14-15(19)12-13-18(17)21-3/h12-14,16,20H,4-11H2,1-3H3. The van der Waals surface area contributed by atoms with E-state index in [9.17, 15) is 0 Å². The monoisotopic (exact) mass is 355 g/mol. The van der Waals surface area contributed by atoms with Crippen molar-refractivity contribution < 1.29 is 4.74 Å². The van der Waals surface area contributed by atoms with Crippen molar-refractivity contribution in [2.45, 2.75) is 71.3 Å². The zero-order chi connectivity index (χ0) is 15.5. The summed E-state index contributed by atoms with van der Waals surface area (Å²) in [7, 11) is 1.73. The van der Waals surface area contributed by atoms with Crippen molar-refractivity contribution in [3.63, 3.8) is 0 Å². The van der Waals surface area contributed by atoms with Crippen LogP contribution in [0.3, 0.4) is 0 Å². The molecule has 0 saturated heterocycles. The van der Waals surface area contributed by atoms with Crippen LogP contribution in [0.25, 0.3) is 0 Å². The first-order chi connectivity index (χ1) is 10.2. The van der Waals surface area contributed by atoms with E-state index in [0.29, 0.717) is 6.04 Å². The predicted octanol–water partition coefficient (Wildman–Crippen LogP) is 6.40. The number of halogens is 1. The average molecular weight is 356 g/mol. The molecule has 120 valence electrons. The molecule has 0 atom stereocenters. The number of hydrogen-bond acceptors (Lipinski definition) is 2. The van der Waals surface area contributed by atoms with Crippen LogP contribution in [0.4, 0.5) is 5.69 Å². The summed E-state index contributed by atoms with van der Waals surface area (Å²) >= 11 is 3.55. The van der Waals surface area contributed by atoms with Gasteiger partial charge in [0, 0.05) is 10.5 Å². The van der Waals surface area contributed by atoms with E-state index in [1.807, 2.05) is 12.1 Å². The molecule has 21 heavy (non-hydrogen) atoms. The summed E-state index contributed by atoms with van der Waals surface area (Å²) in [6, 6.07) is 6.70. The average Bonchev–Trinajstić information content (AvgIpc) is 2.48. The van der Waals surface area contributed by atoms with E-state index in [-0.39, 0.29) is 0 Å². The lowest BCUT2D eigenvalue weighted by Crippen LogP contribution is -2.20. The van der Waals surface area contributed by atoms with Crippen molar-refractivity contribution in [2.75, 3.05) is 12.4 Å². The van der Waals surface area contributed by atoms with E-state index >= 15 is 0 Å². The molecule has 0 amide bonds. The number of methoxy groups -OCH3 is 1. The number of anilines is 1. The van der Waals surface area contributed by atoms with Crippen molar-refractivity contribution in [1.29, 1.82) is 0 Å². The van der Waals surface area contributed by atoms with E-state index in [0.717, 1.165) is 15.9 Å². The molecule has 0 bridgehead atoms. The van der Waals surface area contributed by atoms with E-state index < -0.39 is 0 Å². The van der Waals surface area contributed by atoms with Gasteiger partial charge in [-0.25, -0.2) is 0 Å². The highest BCUT2D eigenvalue weighted by molar-refractivity contribution is 9.10. The summed E-state index contributed by atoms with van der Waals surface area (Å²) in [4.78, 5) is 0. The quantitative estimate of drug-likeness (QED) is 0.463. The third kappa shape index (κ3) is 7.21. The highest BCUT2D eigenvalue weighted by Crippen LogP contribution is 2.29. The van der Waals surface area contributed by atoms with Crippen LogP contribution in [-0.2, 0) is 0 Å². The van der Waals surface area contributed by atoms with Crippen molar-refractivity contribution in [2.24, 2.45) is 0 Å². The molecule has 1 N–H and O–H groups in total. The SMILES string of the molecule is CCCCCC(CCCCC)Nc1cc(Br)ccc1OC. The summed E-state index contributed by atoms with van der Waals surface area (Å²) in [5.74, 6) is 0.925. The summed E-state index contributed by atoms with van der Waals surface area (Å²) < 4.78 is 6.56. The van der Waals surface area contributed by atoms with Crippen molar-refractivity contribution >= 4 is 21.6 Å². The van der Waals surface area contributed by atoms with E-state index in [1.165, 1.54) is 51.4 Å². The minimum atomic E-state index is 0.548. The zero-order valence-corrected chi connectivity index (χ0v) is 15.3. The Bertz CT molecular complexity index is 385. The molecule has 1 rings (SSSR count). The fourth-order valence-corrected chi connectivity index (χ4v) is 2.94. The fourth-order valence-electron chi connectivity index (χ4n) is 2.58. The van der Waals surface area contributed by atoms with Crippen LogP contribution in [0.15, 0.2) is 22.7 Å². The van der Waals surface area contributed by atoms with Gasteiger partial charge in [0.2, 0.25) is 0 Å². The first-order valence-electron chi connectivity index (χ1n) is 8.31. The molecule has 1 aromatic rings. The number of unbranched alkanes of at least 4 members (excludes halogenated alkanes) is 4. The highest BCUT2D eigenvalue weighted by atomic mass is 79.9. The zero-order valence-electron chi connectivity index (χ0n) is 13.8. The van der Waals surface area contributed by atoms with Gasteiger partial charge in [-0.2, -0.15) is 0 Å². The minimum Gasteiger partial charge on any atom is -0.495 e. The topological polar surface area (TPSA) is 21.3 Å². The molecule has 0 heterocycles. The Labute approximate surface area is 138 Å². The lowest BCUT2D eigenvalue weighted by Gasteiger charge is -2.21. The van der Waals surface area contributed by atoms with Gasteiger partial charge in [0.25, 0.3) is 0 Å². The minimum absolute atomic E-state index is 0.548. The molecule has 0 fully saturated rings. The van der Waals surface area contributed by atoms with Crippen LogP contribution in [0, 0.1) is 0 Å². The van der Waals surface area contributed by atoms with Crippen molar-refractivity contribution in [3.05, 3.63) is 22.7 Å². The Morgan fingerprint density at radius 1 is 1.05 bits per heavy atom. The number of ether oxygens (including phenoxy) is 1. The predicted molar refractivity (Wildman–Crippen MR) is 96.4 cm³/mol. The van der Waals surface area contributed by atoms with Crippen molar-refractivity contribution in [1.82, 2.24) is 0 Å². The molecule has 0 spiro atoms. The van der Waals surface area contributed by atoms with Crippen LogP contribution in [0.1, 0.15) is 65.2 Å². The third-order valence-corrected chi connectivity index (χ3v) is 4.33. The van der Waals surface area contributed by atoms with Crippen LogP contribution < -0.4 is 10.1 Å².